The van der Waals surface area contributed by atoms with E-state index in [1.807, 2.05) is 45.9 Å². The Morgan fingerprint density at radius 3 is 1.64 bits per heavy atom. The first-order valence-corrected chi connectivity index (χ1v) is 9.78. The number of benzene rings is 1. The van der Waals surface area contributed by atoms with Gasteiger partial charge >= 0.3 is 12.2 Å². The minimum atomic E-state index is -0.716. The highest BCUT2D eigenvalue weighted by molar-refractivity contribution is 5.93. The highest BCUT2D eigenvalue weighted by Crippen LogP contribution is 2.35. The van der Waals surface area contributed by atoms with Crippen molar-refractivity contribution in [2.75, 3.05) is 5.01 Å². The third kappa shape index (κ3) is 7.06. The zero-order valence-corrected chi connectivity index (χ0v) is 19.0. The second-order valence-electron chi connectivity index (χ2n) is 9.52. The number of carbonyl (C=O) groups is 2. The highest BCUT2D eigenvalue weighted by Gasteiger charge is 2.31. The molecule has 6 nitrogen and oxygen atoms in total. The van der Waals surface area contributed by atoms with Crippen LogP contribution in [-0.4, -0.2) is 23.4 Å². The van der Waals surface area contributed by atoms with Gasteiger partial charge in [0.1, 0.15) is 11.2 Å². The van der Waals surface area contributed by atoms with Crippen LogP contribution >= 0.6 is 0 Å². The van der Waals surface area contributed by atoms with Gasteiger partial charge in [-0.05, 0) is 64.5 Å². The third-order valence-electron chi connectivity index (χ3n) is 3.74. The number of anilines is 1. The molecule has 158 valence electrons. The second kappa shape index (κ2) is 8.84. The Hall–Kier alpha value is -2.24. The van der Waals surface area contributed by atoms with Crippen molar-refractivity contribution in [1.29, 1.82) is 0 Å². The second-order valence-corrected chi connectivity index (χ2v) is 9.52. The van der Waals surface area contributed by atoms with Crippen LogP contribution in [0.4, 0.5) is 15.3 Å². The largest absolute Gasteiger partial charge is 0.443 e. The molecule has 0 unspecified atom stereocenters. The molecule has 0 fully saturated rings. The Morgan fingerprint density at radius 2 is 1.29 bits per heavy atom. The molecule has 28 heavy (non-hydrogen) atoms. The number of carbonyl (C=O) groups excluding carboxylic acids is 2. The molecular formula is C22H36N2O4. The van der Waals surface area contributed by atoms with Crippen LogP contribution in [0.3, 0.4) is 0 Å². The Kier molecular flexibility index (Phi) is 7.52. The number of nitrogens with zero attached hydrogens (tertiary/aromatic N) is 1. The van der Waals surface area contributed by atoms with Gasteiger partial charge in [0.25, 0.3) is 0 Å². The van der Waals surface area contributed by atoms with E-state index in [1.165, 1.54) is 5.01 Å². The molecule has 0 spiro atoms. The summed E-state index contributed by atoms with van der Waals surface area (Å²) < 4.78 is 10.9. The van der Waals surface area contributed by atoms with E-state index in [2.05, 4.69) is 5.43 Å². The van der Waals surface area contributed by atoms with Crippen LogP contribution in [0.2, 0.25) is 0 Å². The molecule has 0 saturated heterocycles. The predicted molar refractivity (Wildman–Crippen MR) is 113 cm³/mol. The summed E-state index contributed by atoms with van der Waals surface area (Å²) in [6, 6.07) is 5.88. The molecule has 1 rings (SSSR count). The first-order valence-electron chi connectivity index (χ1n) is 9.78. The van der Waals surface area contributed by atoms with Gasteiger partial charge in [-0.1, -0.05) is 45.9 Å². The van der Waals surface area contributed by atoms with E-state index in [1.54, 1.807) is 41.5 Å². The van der Waals surface area contributed by atoms with Crippen LogP contribution in [0.15, 0.2) is 18.2 Å². The van der Waals surface area contributed by atoms with Crippen LogP contribution in [0.1, 0.15) is 92.2 Å². The van der Waals surface area contributed by atoms with Gasteiger partial charge in [-0.25, -0.2) is 15.0 Å². The van der Waals surface area contributed by atoms with Crippen molar-refractivity contribution >= 4 is 17.9 Å². The van der Waals surface area contributed by atoms with Crippen molar-refractivity contribution in [3.8, 4) is 0 Å². The molecule has 0 atom stereocenters. The first kappa shape index (κ1) is 23.8. The summed E-state index contributed by atoms with van der Waals surface area (Å²) >= 11 is 0. The maximum Gasteiger partial charge on any atom is 0.434 e. The van der Waals surface area contributed by atoms with Crippen LogP contribution in [0.25, 0.3) is 0 Å². The van der Waals surface area contributed by atoms with Crippen molar-refractivity contribution in [3.63, 3.8) is 0 Å². The summed E-state index contributed by atoms with van der Waals surface area (Å²) in [6.45, 7) is 18.8. The zero-order chi connectivity index (χ0) is 21.9. The number of hydrogen-bond acceptors (Lipinski definition) is 4. The van der Waals surface area contributed by atoms with Crippen molar-refractivity contribution in [3.05, 3.63) is 29.3 Å². The molecule has 1 aromatic carbocycles. The standard InChI is InChI=1S/C22H36N2O4/c1-14(2)16-12-11-13-17(15(3)4)18(16)24(20(26)28-22(8,9)10)23-19(25)27-21(5,6)7/h11-15H,1-10H3,(H,23,25). The van der Waals surface area contributed by atoms with E-state index in [0.717, 1.165) is 11.1 Å². The summed E-state index contributed by atoms with van der Waals surface area (Å²) in [7, 11) is 0. The van der Waals surface area contributed by atoms with Gasteiger partial charge in [0.15, 0.2) is 0 Å². The fraction of sp³-hybridized carbons (Fsp3) is 0.636. The number of hydrazine groups is 1. The molecule has 0 heterocycles. The number of hydrogen-bond donors (Lipinski definition) is 1. The van der Waals surface area contributed by atoms with E-state index in [0.29, 0.717) is 5.69 Å². The van der Waals surface area contributed by atoms with Crippen LogP contribution < -0.4 is 10.4 Å². The van der Waals surface area contributed by atoms with E-state index in [9.17, 15) is 9.59 Å². The quantitative estimate of drug-likeness (QED) is 0.630. The molecule has 0 aliphatic heterocycles. The maximum absolute atomic E-state index is 13.0. The Labute approximate surface area is 169 Å². The molecule has 1 N–H and O–H groups in total. The molecule has 6 heteroatoms. The molecule has 0 radical (unpaired) electrons. The van der Waals surface area contributed by atoms with Crippen molar-refractivity contribution in [2.24, 2.45) is 0 Å². The summed E-state index contributed by atoms with van der Waals surface area (Å²) in [4.78, 5) is 25.5. The van der Waals surface area contributed by atoms with Crippen molar-refractivity contribution in [2.45, 2.75) is 92.3 Å². The summed E-state index contributed by atoms with van der Waals surface area (Å²) in [5.74, 6) is 0.276. The fourth-order valence-electron chi connectivity index (χ4n) is 2.66. The molecule has 1 aromatic rings. The number of para-hydroxylation sites is 1. The fourth-order valence-corrected chi connectivity index (χ4v) is 2.66. The van der Waals surface area contributed by atoms with Crippen molar-refractivity contribution in [1.82, 2.24) is 5.43 Å². The number of rotatable bonds is 3. The van der Waals surface area contributed by atoms with E-state index < -0.39 is 23.4 Å². The zero-order valence-electron chi connectivity index (χ0n) is 19.0. The monoisotopic (exact) mass is 392 g/mol. The van der Waals surface area contributed by atoms with E-state index >= 15 is 0 Å². The normalized spacial score (nSPS) is 12.1. The summed E-state index contributed by atoms with van der Waals surface area (Å²) in [5, 5.41) is 1.18. The number of ether oxygens (including phenoxy) is 2. The lowest BCUT2D eigenvalue weighted by molar-refractivity contribution is 0.0424. The van der Waals surface area contributed by atoms with Gasteiger partial charge in [0.2, 0.25) is 0 Å². The molecular weight excluding hydrogens is 356 g/mol. The molecule has 0 aromatic heterocycles. The van der Waals surface area contributed by atoms with Gasteiger partial charge in [0.05, 0.1) is 5.69 Å². The lowest BCUT2D eigenvalue weighted by atomic mass is 9.92. The Bertz CT molecular complexity index is 671. The minimum absolute atomic E-state index is 0.138. The van der Waals surface area contributed by atoms with Gasteiger partial charge in [-0.2, -0.15) is 5.01 Å². The highest BCUT2D eigenvalue weighted by atomic mass is 16.6. The predicted octanol–water partition coefficient (Wildman–Crippen LogP) is 6.11. The SMILES string of the molecule is CC(C)c1cccc(C(C)C)c1N(NC(=O)OC(C)(C)C)C(=O)OC(C)(C)C. The van der Waals surface area contributed by atoms with Crippen LogP contribution in [0, 0.1) is 0 Å². The van der Waals surface area contributed by atoms with Crippen LogP contribution in [-0.2, 0) is 9.47 Å². The average molecular weight is 393 g/mol. The summed E-state index contributed by atoms with van der Waals surface area (Å²) in [6.07, 6.45) is -1.38. The van der Waals surface area contributed by atoms with Crippen molar-refractivity contribution < 1.29 is 19.1 Å². The van der Waals surface area contributed by atoms with E-state index in [-0.39, 0.29) is 11.8 Å². The number of amides is 2. The molecule has 2 amide bonds. The molecule has 0 saturated carbocycles. The number of nitrogens with one attached hydrogen (secondary N) is 1. The van der Waals surface area contributed by atoms with Crippen LogP contribution in [0.5, 0.6) is 0 Å². The Morgan fingerprint density at radius 1 is 0.857 bits per heavy atom. The average Bonchev–Trinajstić information content (AvgIpc) is 2.48. The topological polar surface area (TPSA) is 67.9 Å². The van der Waals surface area contributed by atoms with Gasteiger partial charge in [0, 0.05) is 0 Å². The third-order valence-corrected chi connectivity index (χ3v) is 3.74. The Balaban J connectivity index is 3.51. The maximum atomic E-state index is 13.0. The van der Waals surface area contributed by atoms with E-state index in [4.69, 9.17) is 9.47 Å². The lowest BCUT2D eigenvalue weighted by Gasteiger charge is -2.32. The lowest BCUT2D eigenvalue weighted by Crippen LogP contribution is -2.51. The van der Waals surface area contributed by atoms with Gasteiger partial charge in [-0.15, -0.1) is 0 Å². The smallest absolute Gasteiger partial charge is 0.434 e. The first-order chi connectivity index (χ1) is 12.6. The molecule has 0 aliphatic rings. The minimum Gasteiger partial charge on any atom is -0.443 e. The molecule has 0 bridgehead atoms. The summed E-state index contributed by atoms with van der Waals surface area (Å²) in [5.41, 5.74) is 3.70. The van der Waals surface area contributed by atoms with Gasteiger partial charge in [-0.3, -0.25) is 0 Å². The van der Waals surface area contributed by atoms with Gasteiger partial charge < -0.3 is 9.47 Å². The molecule has 0 aliphatic carbocycles.